The number of nitrogens with one attached hydrogen (secondary N) is 2. The van der Waals surface area contributed by atoms with E-state index in [4.69, 9.17) is 16.7 Å². The molecule has 4 rings (SSSR count). The zero-order chi connectivity index (χ0) is 23.5. The van der Waals surface area contributed by atoms with Gasteiger partial charge < -0.3 is 4.72 Å². The predicted octanol–water partition coefficient (Wildman–Crippen LogP) is 6.22. The number of carbonyl (C=O) groups excluding carboxylic acids is 1. The molecule has 0 fully saturated rings. The van der Waals surface area contributed by atoms with Crippen LogP contribution in [0.5, 0.6) is 0 Å². The number of benzene rings is 2. The number of nitrogens with zero attached hydrogens (tertiary/aromatic N) is 2. The van der Waals surface area contributed by atoms with Gasteiger partial charge in [0.15, 0.2) is 11.5 Å². The van der Waals surface area contributed by atoms with Gasteiger partial charge in [-0.25, -0.2) is 13.8 Å². The number of H-pyrrole nitrogens is 1. The maximum absolute atomic E-state index is 15.1. The molecule has 2 aromatic heterocycles. The molecule has 2 heterocycles. The summed E-state index contributed by atoms with van der Waals surface area (Å²) in [5, 5.41) is 12.9. The Morgan fingerprint density at radius 2 is 2.06 bits per heavy atom. The molecule has 170 valence electrons. The number of aromatic amines is 1. The second-order valence-corrected chi connectivity index (χ2v) is 9.03. The summed E-state index contributed by atoms with van der Waals surface area (Å²) in [5.74, 6) is -2.06. The van der Waals surface area contributed by atoms with Gasteiger partial charge in [-0.15, -0.1) is 0 Å². The van der Waals surface area contributed by atoms with Crippen LogP contribution in [0.2, 0.25) is 5.02 Å². The van der Waals surface area contributed by atoms with Crippen molar-refractivity contribution in [3.05, 3.63) is 70.5 Å². The summed E-state index contributed by atoms with van der Waals surface area (Å²) in [7, 11) is 0. The molecule has 0 radical (unpaired) electrons. The summed E-state index contributed by atoms with van der Waals surface area (Å²) < 4.78 is 32.4. The van der Waals surface area contributed by atoms with Crippen LogP contribution in [0.1, 0.15) is 29.4 Å². The first-order chi connectivity index (χ1) is 15.9. The van der Waals surface area contributed by atoms with Crippen molar-refractivity contribution < 1.29 is 13.6 Å². The van der Waals surface area contributed by atoms with Gasteiger partial charge in [-0.3, -0.25) is 15.0 Å². The van der Waals surface area contributed by atoms with Crippen molar-refractivity contribution in [2.45, 2.75) is 18.2 Å². The van der Waals surface area contributed by atoms with Crippen LogP contribution in [0.25, 0.3) is 22.2 Å². The molecule has 0 aliphatic heterocycles. The van der Waals surface area contributed by atoms with Crippen LogP contribution in [0, 0.1) is 11.6 Å². The number of halogens is 3. The minimum atomic E-state index is -0.965. The second-order valence-electron chi connectivity index (χ2n) is 7.02. The number of pyridine rings is 1. The maximum atomic E-state index is 15.1. The van der Waals surface area contributed by atoms with Crippen molar-refractivity contribution in [2.75, 3.05) is 10.5 Å². The molecule has 0 amide bonds. The van der Waals surface area contributed by atoms with Gasteiger partial charge in [0, 0.05) is 33.0 Å². The predicted molar refractivity (Wildman–Crippen MR) is 131 cm³/mol. The largest absolute Gasteiger partial charge is 0.327 e. The van der Waals surface area contributed by atoms with E-state index in [0.717, 1.165) is 35.1 Å². The van der Waals surface area contributed by atoms with Crippen LogP contribution in [0.3, 0.4) is 0 Å². The van der Waals surface area contributed by atoms with Gasteiger partial charge in [0.1, 0.15) is 11.5 Å². The Morgan fingerprint density at radius 3 is 2.79 bits per heavy atom. The summed E-state index contributed by atoms with van der Waals surface area (Å²) in [6.07, 6.45) is 2.43. The molecule has 2 aromatic carbocycles. The van der Waals surface area contributed by atoms with Crippen LogP contribution < -0.4 is 9.86 Å². The van der Waals surface area contributed by atoms with E-state index < -0.39 is 23.0 Å². The number of fused-ring (bicyclic) bond motifs is 1. The van der Waals surface area contributed by atoms with Gasteiger partial charge in [-0.2, -0.15) is 5.10 Å². The van der Waals surface area contributed by atoms with Gasteiger partial charge in [0.25, 0.3) is 0 Å². The van der Waals surface area contributed by atoms with E-state index in [1.54, 1.807) is 30.5 Å². The Morgan fingerprint density at radius 1 is 1.24 bits per heavy atom. The van der Waals surface area contributed by atoms with Crippen molar-refractivity contribution in [1.29, 1.82) is 0 Å². The van der Waals surface area contributed by atoms with Crippen molar-refractivity contribution in [1.82, 2.24) is 15.2 Å². The number of aromatic nitrogens is 3. The molecular formula is C22H18ClF2N5OS2. The van der Waals surface area contributed by atoms with Crippen LogP contribution in [-0.2, 0) is 0 Å². The van der Waals surface area contributed by atoms with Gasteiger partial charge >= 0.3 is 0 Å². The first kappa shape index (κ1) is 23.5. The monoisotopic (exact) mass is 505 g/mol. The Kier molecular flexibility index (Phi) is 7.18. The van der Waals surface area contributed by atoms with E-state index in [-0.39, 0.29) is 17.0 Å². The number of rotatable bonds is 8. The Balaban J connectivity index is 1.76. The topological polar surface area (TPSA) is 96.7 Å². The van der Waals surface area contributed by atoms with Crippen LogP contribution in [-0.4, -0.2) is 26.7 Å². The van der Waals surface area contributed by atoms with Crippen molar-refractivity contribution >= 4 is 58.0 Å². The van der Waals surface area contributed by atoms with E-state index in [1.807, 2.05) is 6.92 Å². The highest BCUT2D eigenvalue weighted by Crippen LogP contribution is 2.33. The normalized spacial score (nSPS) is 11.2. The standard InChI is InChI=1S/C22H18ClF2N5OS2/c1-2-7-32-30-17-6-5-16(24)18(19(17)25)21(31)20-14-8-11(10-27-22(14)29-28-20)13-4-3-12(33-26)9-15(13)23/h3-6,8-10,30H,2,7,26H2,1H3,(H,27,28,29). The zero-order valence-corrected chi connectivity index (χ0v) is 19.7. The molecule has 4 N–H and O–H groups in total. The number of ketones is 1. The highest BCUT2D eigenvalue weighted by molar-refractivity contribution is 8.00. The fourth-order valence-corrected chi connectivity index (χ4v) is 4.52. The number of nitrogens with two attached hydrogens (primary N) is 1. The van der Waals surface area contributed by atoms with E-state index in [9.17, 15) is 9.18 Å². The molecular weight excluding hydrogens is 488 g/mol. The smallest absolute Gasteiger partial charge is 0.217 e. The fourth-order valence-electron chi connectivity index (χ4n) is 3.22. The highest BCUT2D eigenvalue weighted by atomic mass is 35.5. The second kappa shape index (κ2) is 10.1. The lowest BCUT2D eigenvalue weighted by Gasteiger charge is -2.10. The first-order valence-corrected chi connectivity index (χ1v) is 12.1. The van der Waals surface area contributed by atoms with Crippen molar-refractivity contribution in [3.63, 3.8) is 0 Å². The lowest BCUT2D eigenvalue weighted by atomic mass is 10.0. The fraction of sp³-hybridized carbons (Fsp3) is 0.136. The summed E-state index contributed by atoms with van der Waals surface area (Å²) in [6, 6.07) is 9.28. The summed E-state index contributed by atoms with van der Waals surface area (Å²) in [6.45, 7) is 1.98. The van der Waals surface area contributed by atoms with Crippen LogP contribution in [0.15, 0.2) is 47.5 Å². The third-order valence-corrected chi connectivity index (χ3v) is 6.65. The summed E-state index contributed by atoms with van der Waals surface area (Å²) >= 11 is 8.72. The lowest BCUT2D eigenvalue weighted by Crippen LogP contribution is -2.10. The van der Waals surface area contributed by atoms with E-state index in [0.29, 0.717) is 21.5 Å². The molecule has 0 bridgehead atoms. The van der Waals surface area contributed by atoms with Crippen molar-refractivity contribution in [2.24, 2.45) is 5.14 Å². The molecule has 0 aliphatic rings. The minimum Gasteiger partial charge on any atom is -0.327 e. The lowest BCUT2D eigenvalue weighted by molar-refractivity contribution is 0.102. The quantitative estimate of drug-likeness (QED) is 0.148. The van der Waals surface area contributed by atoms with E-state index in [1.165, 1.54) is 18.0 Å². The van der Waals surface area contributed by atoms with Crippen LogP contribution >= 0.6 is 35.5 Å². The third-order valence-electron chi connectivity index (χ3n) is 4.83. The van der Waals surface area contributed by atoms with Gasteiger partial charge in [-0.1, -0.05) is 36.5 Å². The molecule has 0 saturated carbocycles. The molecule has 0 saturated heterocycles. The molecule has 11 heteroatoms. The van der Waals surface area contributed by atoms with E-state index in [2.05, 4.69) is 19.9 Å². The molecule has 33 heavy (non-hydrogen) atoms. The van der Waals surface area contributed by atoms with Crippen LogP contribution in [0.4, 0.5) is 14.5 Å². The first-order valence-electron chi connectivity index (χ1n) is 9.85. The highest BCUT2D eigenvalue weighted by Gasteiger charge is 2.25. The third kappa shape index (κ3) is 4.70. The SMILES string of the molecule is CCCSNc1ccc(F)c(C(=O)c2[nH]nc3ncc(-c4ccc(SN)cc4Cl)cc23)c1F. The van der Waals surface area contributed by atoms with Crippen molar-refractivity contribution in [3.8, 4) is 11.1 Å². The number of carbonyl (C=O) groups is 1. The minimum absolute atomic E-state index is 0.0329. The van der Waals surface area contributed by atoms with E-state index >= 15 is 4.39 Å². The van der Waals surface area contributed by atoms with Gasteiger partial charge in [-0.05, 0) is 48.7 Å². The summed E-state index contributed by atoms with van der Waals surface area (Å²) in [4.78, 5) is 18.2. The molecule has 0 unspecified atom stereocenters. The number of hydrogen-bond acceptors (Lipinski definition) is 7. The Hall–Kier alpha value is -2.66. The zero-order valence-electron chi connectivity index (χ0n) is 17.3. The number of hydrogen-bond donors (Lipinski definition) is 3. The maximum Gasteiger partial charge on any atom is 0.217 e. The number of anilines is 1. The average Bonchev–Trinajstić information content (AvgIpc) is 3.23. The molecule has 6 nitrogen and oxygen atoms in total. The molecule has 4 aromatic rings. The molecule has 0 atom stereocenters. The molecule has 0 spiro atoms. The Bertz CT molecular complexity index is 1350. The average molecular weight is 506 g/mol. The summed E-state index contributed by atoms with van der Waals surface area (Å²) in [5.41, 5.74) is 0.812. The van der Waals surface area contributed by atoms with Gasteiger partial charge in [0.2, 0.25) is 5.78 Å². The van der Waals surface area contributed by atoms with Gasteiger partial charge in [0.05, 0.1) is 16.6 Å². The Labute approximate surface area is 202 Å². The molecule has 0 aliphatic carbocycles.